The van der Waals surface area contributed by atoms with Crippen molar-refractivity contribution in [2.75, 3.05) is 30.4 Å². The van der Waals surface area contributed by atoms with Gasteiger partial charge in [-0.3, -0.25) is 9.59 Å². The minimum atomic E-state index is -0.128. The molecule has 2 aliphatic heterocycles. The van der Waals surface area contributed by atoms with E-state index in [9.17, 15) is 9.59 Å². The van der Waals surface area contributed by atoms with Crippen molar-refractivity contribution in [1.29, 1.82) is 0 Å². The van der Waals surface area contributed by atoms with Gasteiger partial charge in [0.05, 0.1) is 18.8 Å². The molecule has 1 unspecified atom stereocenters. The predicted molar refractivity (Wildman–Crippen MR) is 96.1 cm³/mol. The van der Waals surface area contributed by atoms with Crippen molar-refractivity contribution in [3.63, 3.8) is 0 Å². The minimum Gasteiger partial charge on any atom is -0.495 e. The first-order valence-electron chi connectivity index (χ1n) is 8.21. The number of amides is 2. The van der Waals surface area contributed by atoms with Gasteiger partial charge in [0.2, 0.25) is 11.8 Å². The van der Waals surface area contributed by atoms with Gasteiger partial charge in [-0.05, 0) is 50.4 Å². The van der Waals surface area contributed by atoms with E-state index < -0.39 is 0 Å². The Morgan fingerprint density at radius 1 is 1.33 bits per heavy atom. The molecule has 2 saturated heterocycles. The van der Waals surface area contributed by atoms with Gasteiger partial charge in [0.25, 0.3) is 0 Å². The average Bonchev–Trinajstić information content (AvgIpc) is 3.10. The molecule has 0 aliphatic carbocycles. The van der Waals surface area contributed by atoms with Crippen LogP contribution < -0.4 is 20.3 Å². The van der Waals surface area contributed by atoms with Crippen molar-refractivity contribution in [2.45, 2.75) is 38.1 Å². The molecular weight excluding hydrogens is 330 g/mol. The molecule has 1 aromatic rings. The second-order valence-electron chi connectivity index (χ2n) is 6.03. The Hall–Kier alpha value is -1.79. The number of nitrogens with one attached hydrogen (secondary N) is 2. The van der Waals surface area contributed by atoms with Gasteiger partial charge in [0.15, 0.2) is 0 Å². The first kappa shape index (κ1) is 18.5. The van der Waals surface area contributed by atoms with Crippen LogP contribution in [0.3, 0.4) is 0 Å². The lowest BCUT2D eigenvalue weighted by Crippen LogP contribution is -2.36. The first-order valence-corrected chi connectivity index (χ1v) is 8.21. The van der Waals surface area contributed by atoms with Crippen LogP contribution >= 0.6 is 12.4 Å². The molecule has 6 nitrogen and oxygen atoms in total. The van der Waals surface area contributed by atoms with E-state index in [1.165, 1.54) is 0 Å². The lowest BCUT2D eigenvalue weighted by molar-refractivity contribution is -0.119. The van der Waals surface area contributed by atoms with Crippen molar-refractivity contribution < 1.29 is 14.3 Å². The maximum atomic E-state index is 12.2. The molecule has 1 atom stereocenters. The van der Waals surface area contributed by atoms with Gasteiger partial charge in [0, 0.05) is 18.7 Å². The van der Waals surface area contributed by atoms with Crippen molar-refractivity contribution in [3.8, 4) is 5.75 Å². The van der Waals surface area contributed by atoms with Crippen LogP contribution in [-0.4, -0.2) is 38.1 Å². The number of nitrogens with zero attached hydrogens (tertiary/aromatic N) is 1. The van der Waals surface area contributed by atoms with Crippen LogP contribution in [0.25, 0.3) is 0 Å². The number of hydrogen-bond acceptors (Lipinski definition) is 4. The third-order valence-corrected chi connectivity index (χ3v) is 4.44. The largest absolute Gasteiger partial charge is 0.495 e. The smallest absolute Gasteiger partial charge is 0.241 e. The molecule has 132 valence electrons. The topological polar surface area (TPSA) is 70.7 Å². The van der Waals surface area contributed by atoms with Crippen LogP contribution in [0.5, 0.6) is 5.75 Å². The average molecular weight is 354 g/mol. The summed E-state index contributed by atoms with van der Waals surface area (Å²) in [5.74, 6) is 0.733. The summed E-state index contributed by atoms with van der Waals surface area (Å²) in [6, 6.07) is 5.31. The lowest BCUT2D eigenvalue weighted by atomic mass is 10.1. The third kappa shape index (κ3) is 3.99. The van der Waals surface area contributed by atoms with E-state index in [2.05, 4.69) is 10.6 Å². The molecule has 7 heteroatoms. The van der Waals surface area contributed by atoms with Crippen LogP contribution in [0.1, 0.15) is 32.1 Å². The van der Waals surface area contributed by atoms with Crippen molar-refractivity contribution >= 4 is 35.6 Å². The summed E-state index contributed by atoms with van der Waals surface area (Å²) in [7, 11) is 1.59. The lowest BCUT2D eigenvalue weighted by Gasteiger charge is -2.28. The Kier molecular flexibility index (Phi) is 6.45. The Morgan fingerprint density at radius 2 is 2.17 bits per heavy atom. The van der Waals surface area contributed by atoms with Gasteiger partial charge in [-0.1, -0.05) is 0 Å². The number of benzene rings is 1. The zero-order valence-corrected chi connectivity index (χ0v) is 14.7. The molecule has 0 saturated carbocycles. The molecular formula is C17H24ClN3O3. The maximum Gasteiger partial charge on any atom is 0.241 e. The molecule has 0 radical (unpaired) electrons. The summed E-state index contributed by atoms with van der Waals surface area (Å²) in [6.45, 7) is 1.57. The highest BCUT2D eigenvalue weighted by Gasteiger charge is 2.25. The van der Waals surface area contributed by atoms with E-state index in [1.807, 2.05) is 12.1 Å². The number of methoxy groups -OCH3 is 1. The van der Waals surface area contributed by atoms with Crippen molar-refractivity contribution in [2.24, 2.45) is 0 Å². The van der Waals surface area contributed by atoms with Crippen LogP contribution in [0.4, 0.5) is 11.4 Å². The number of halogens is 1. The molecule has 1 aromatic carbocycles. The number of carbonyl (C=O) groups excluding carboxylic acids is 2. The number of piperidine rings is 1. The van der Waals surface area contributed by atoms with E-state index in [0.29, 0.717) is 24.4 Å². The second-order valence-corrected chi connectivity index (χ2v) is 6.03. The van der Waals surface area contributed by atoms with Gasteiger partial charge in [0.1, 0.15) is 5.75 Å². The number of carbonyl (C=O) groups is 2. The molecule has 0 aromatic heterocycles. The summed E-state index contributed by atoms with van der Waals surface area (Å²) in [4.78, 5) is 26.2. The summed E-state index contributed by atoms with van der Waals surface area (Å²) in [6.07, 6.45) is 4.36. The molecule has 2 N–H and O–H groups in total. The van der Waals surface area contributed by atoms with Crippen molar-refractivity contribution in [3.05, 3.63) is 18.2 Å². The second kappa shape index (κ2) is 8.35. The Morgan fingerprint density at radius 3 is 2.83 bits per heavy atom. The van der Waals surface area contributed by atoms with E-state index >= 15 is 0 Å². The molecule has 24 heavy (non-hydrogen) atoms. The zero-order chi connectivity index (χ0) is 16.2. The fourth-order valence-electron chi connectivity index (χ4n) is 3.18. The monoisotopic (exact) mass is 353 g/mol. The molecule has 3 rings (SSSR count). The number of hydrogen-bond donors (Lipinski definition) is 2. The van der Waals surface area contributed by atoms with Gasteiger partial charge in [-0.25, -0.2) is 0 Å². The molecule has 0 bridgehead atoms. The number of anilines is 2. The Balaban J connectivity index is 0.00000208. The summed E-state index contributed by atoms with van der Waals surface area (Å²) in [5.41, 5.74) is 1.42. The van der Waals surface area contributed by atoms with E-state index in [0.717, 1.165) is 37.9 Å². The van der Waals surface area contributed by atoms with Crippen LogP contribution in [0.15, 0.2) is 18.2 Å². The SMILES string of the molecule is COc1ccc(NC(=O)C2CCCN2)cc1N1CCCCC1=O.Cl. The molecule has 2 amide bonds. The highest BCUT2D eigenvalue weighted by molar-refractivity contribution is 5.98. The highest BCUT2D eigenvalue weighted by Crippen LogP contribution is 2.33. The Bertz CT molecular complexity index is 603. The van der Waals surface area contributed by atoms with Gasteiger partial charge in [-0.15, -0.1) is 12.4 Å². The van der Waals surface area contributed by atoms with Gasteiger partial charge < -0.3 is 20.3 Å². The maximum absolute atomic E-state index is 12.2. The molecule has 0 spiro atoms. The van der Waals surface area contributed by atoms with E-state index in [-0.39, 0.29) is 30.3 Å². The number of ether oxygens (including phenoxy) is 1. The quantitative estimate of drug-likeness (QED) is 0.871. The van der Waals surface area contributed by atoms with Crippen LogP contribution in [0.2, 0.25) is 0 Å². The van der Waals surface area contributed by atoms with E-state index in [1.54, 1.807) is 18.1 Å². The van der Waals surface area contributed by atoms with Crippen LogP contribution in [-0.2, 0) is 9.59 Å². The first-order chi connectivity index (χ1) is 11.2. The highest BCUT2D eigenvalue weighted by atomic mass is 35.5. The van der Waals surface area contributed by atoms with E-state index in [4.69, 9.17) is 4.74 Å². The Labute approximate surface area is 148 Å². The van der Waals surface area contributed by atoms with Crippen LogP contribution in [0, 0.1) is 0 Å². The third-order valence-electron chi connectivity index (χ3n) is 4.44. The summed E-state index contributed by atoms with van der Waals surface area (Å²) in [5, 5.41) is 6.12. The predicted octanol–water partition coefficient (Wildman–Crippen LogP) is 2.32. The van der Waals surface area contributed by atoms with Crippen molar-refractivity contribution in [1.82, 2.24) is 5.32 Å². The fourth-order valence-corrected chi connectivity index (χ4v) is 3.18. The standard InChI is InChI=1S/C17H23N3O3.ClH/c1-23-15-8-7-12(19-17(22)13-5-4-9-18-13)11-14(15)20-10-3-2-6-16(20)21;/h7-8,11,13,18H,2-6,9-10H2,1H3,(H,19,22);1H. The normalized spacial score (nSPS) is 20.5. The van der Waals surface area contributed by atoms with Gasteiger partial charge >= 0.3 is 0 Å². The molecule has 2 aliphatic rings. The zero-order valence-electron chi connectivity index (χ0n) is 13.8. The summed E-state index contributed by atoms with van der Waals surface area (Å²) < 4.78 is 5.39. The number of rotatable bonds is 4. The fraction of sp³-hybridized carbons (Fsp3) is 0.529. The molecule has 2 fully saturated rings. The summed E-state index contributed by atoms with van der Waals surface area (Å²) >= 11 is 0. The minimum absolute atomic E-state index is 0. The van der Waals surface area contributed by atoms with Gasteiger partial charge in [-0.2, -0.15) is 0 Å². The molecule has 2 heterocycles.